The van der Waals surface area contributed by atoms with Gasteiger partial charge in [0.2, 0.25) is 0 Å². The van der Waals surface area contributed by atoms with Crippen LogP contribution in [-0.4, -0.2) is 77.0 Å². The monoisotopic (exact) mass is 507 g/mol. The first-order valence-electron chi connectivity index (χ1n) is 10.8. The minimum Gasteiger partial charge on any atom is -0.760 e. The van der Waals surface area contributed by atoms with Gasteiger partial charge in [-0.15, -0.1) is 11.3 Å². The molecule has 0 spiro atoms. The molecule has 1 aliphatic rings. The van der Waals surface area contributed by atoms with Crippen molar-refractivity contribution in [1.82, 2.24) is 19.1 Å². The van der Waals surface area contributed by atoms with E-state index in [4.69, 9.17) is 9.47 Å². The van der Waals surface area contributed by atoms with Crippen molar-refractivity contribution in [3.63, 3.8) is 0 Å². The summed E-state index contributed by atoms with van der Waals surface area (Å²) in [7, 11) is 7.99. The SMILES string of the molecule is CN(C)S(=O)[O-].COc1ccc(-c2cn(C)c(=O)c3cc(CN4CCNCC4)sc23)cc1OC. The molecule has 0 amide bonds. The number of fused-ring (bicyclic) bond motifs is 1. The average molecular weight is 508 g/mol. The highest BCUT2D eigenvalue weighted by atomic mass is 32.2. The Bertz CT molecular complexity index is 1200. The molecule has 0 aliphatic carbocycles. The fourth-order valence-electron chi connectivity index (χ4n) is 3.68. The van der Waals surface area contributed by atoms with Crippen LogP contribution in [0.15, 0.2) is 35.3 Å². The molecule has 11 heteroatoms. The standard InChI is InChI=1S/C21H25N3O3S.C2H7NO2S/c1-23-13-17(14-4-5-18(26-2)19(10-14)27-3)20-16(21(23)25)11-15(28-20)12-24-8-6-22-7-9-24;1-3(2)6(4)5/h4-5,10-11,13,22H,6-9,12H2,1-3H3;1-2H3,(H,4,5)/p-1. The van der Waals surface area contributed by atoms with Crippen LogP contribution in [0, 0.1) is 0 Å². The Labute approximate surface area is 206 Å². The van der Waals surface area contributed by atoms with Gasteiger partial charge in [0.15, 0.2) is 11.5 Å². The van der Waals surface area contributed by atoms with Crippen LogP contribution in [0.5, 0.6) is 11.5 Å². The lowest BCUT2D eigenvalue weighted by molar-refractivity contribution is 0.235. The van der Waals surface area contributed by atoms with Gasteiger partial charge in [0, 0.05) is 72.4 Å². The van der Waals surface area contributed by atoms with Crippen molar-refractivity contribution in [1.29, 1.82) is 0 Å². The van der Waals surface area contributed by atoms with E-state index in [0.717, 1.165) is 58.2 Å². The summed E-state index contributed by atoms with van der Waals surface area (Å²) >= 11 is -0.323. The van der Waals surface area contributed by atoms with Crippen LogP contribution < -0.4 is 20.3 Å². The molecule has 1 aromatic carbocycles. The number of thiophene rings is 1. The zero-order valence-electron chi connectivity index (χ0n) is 20.1. The van der Waals surface area contributed by atoms with Gasteiger partial charge in [-0.25, -0.2) is 4.31 Å². The fourth-order valence-corrected chi connectivity index (χ4v) is 4.90. The minimum absolute atomic E-state index is 0.0436. The quantitative estimate of drug-likeness (QED) is 0.510. The maximum atomic E-state index is 12.7. The number of nitrogens with one attached hydrogen (secondary N) is 1. The second-order valence-corrected chi connectivity index (χ2v) is 10.3. The van der Waals surface area contributed by atoms with Gasteiger partial charge in [0.25, 0.3) is 5.56 Å². The molecule has 9 nitrogen and oxygen atoms in total. The number of aryl methyl sites for hydroxylation is 1. The Hall–Kier alpha value is -2.28. The van der Waals surface area contributed by atoms with Crippen LogP contribution in [0.4, 0.5) is 0 Å². The van der Waals surface area contributed by atoms with Crippen molar-refractivity contribution in [3.05, 3.63) is 45.7 Å². The molecule has 1 aliphatic heterocycles. The summed E-state index contributed by atoms with van der Waals surface area (Å²) in [6.45, 7) is 4.99. The number of piperazine rings is 1. The number of ether oxygens (including phenoxy) is 2. The Morgan fingerprint density at radius 3 is 2.38 bits per heavy atom. The van der Waals surface area contributed by atoms with Gasteiger partial charge >= 0.3 is 0 Å². The number of rotatable bonds is 6. The molecule has 1 unspecified atom stereocenters. The number of hydrogen-bond donors (Lipinski definition) is 1. The van der Waals surface area contributed by atoms with Crippen LogP contribution in [0.2, 0.25) is 0 Å². The van der Waals surface area contributed by atoms with E-state index in [0.29, 0.717) is 11.5 Å². The fraction of sp³-hybridized carbons (Fsp3) is 0.435. The normalized spacial score (nSPS) is 15.1. The average Bonchev–Trinajstić information content (AvgIpc) is 3.25. The van der Waals surface area contributed by atoms with E-state index < -0.39 is 11.3 Å². The van der Waals surface area contributed by atoms with Gasteiger partial charge in [-0.05, 0) is 37.9 Å². The second kappa shape index (κ2) is 11.9. The topological polar surface area (TPSA) is 99.1 Å². The zero-order chi connectivity index (χ0) is 24.8. The number of nitrogens with zero attached hydrogens (tertiary/aromatic N) is 3. The lowest BCUT2D eigenvalue weighted by Gasteiger charge is -2.26. The molecule has 1 atom stereocenters. The van der Waals surface area contributed by atoms with Crippen molar-refractivity contribution in [2.24, 2.45) is 7.05 Å². The highest BCUT2D eigenvalue weighted by molar-refractivity contribution is 7.76. The molecule has 3 aromatic rings. The van der Waals surface area contributed by atoms with Crippen molar-refractivity contribution in [2.75, 3.05) is 54.5 Å². The summed E-state index contributed by atoms with van der Waals surface area (Å²) in [5.41, 5.74) is 2.09. The smallest absolute Gasteiger partial charge is 0.259 e. The summed E-state index contributed by atoms with van der Waals surface area (Å²) in [5, 5.41) is 4.16. The van der Waals surface area contributed by atoms with Crippen molar-refractivity contribution in [3.8, 4) is 22.6 Å². The van der Waals surface area contributed by atoms with E-state index in [1.807, 2.05) is 24.4 Å². The Morgan fingerprint density at radius 1 is 1.15 bits per heavy atom. The maximum Gasteiger partial charge on any atom is 0.259 e. The first-order valence-corrected chi connectivity index (χ1v) is 12.6. The molecule has 2 aromatic heterocycles. The Balaban J connectivity index is 0.000000481. The molecule has 4 rings (SSSR count). The van der Waals surface area contributed by atoms with Crippen LogP contribution in [-0.2, 0) is 24.9 Å². The van der Waals surface area contributed by atoms with E-state index in [1.165, 1.54) is 19.0 Å². The first kappa shape index (κ1) is 26.3. The van der Waals surface area contributed by atoms with Gasteiger partial charge in [-0.1, -0.05) is 6.07 Å². The molecular weight excluding hydrogens is 476 g/mol. The Morgan fingerprint density at radius 2 is 1.79 bits per heavy atom. The molecule has 3 heterocycles. The van der Waals surface area contributed by atoms with Crippen molar-refractivity contribution < 1.29 is 18.2 Å². The first-order chi connectivity index (χ1) is 16.2. The maximum absolute atomic E-state index is 12.7. The van der Waals surface area contributed by atoms with Gasteiger partial charge in [0.1, 0.15) is 0 Å². The van der Waals surface area contributed by atoms with Gasteiger partial charge in [-0.3, -0.25) is 13.9 Å². The number of benzene rings is 1. The molecule has 1 saturated heterocycles. The lowest BCUT2D eigenvalue weighted by Crippen LogP contribution is -2.42. The molecule has 1 N–H and O–H groups in total. The predicted octanol–water partition coefficient (Wildman–Crippen LogP) is 2.03. The summed E-state index contributed by atoms with van der Waals surface area (Å²) in [6, 6.07) is 7.94. The van der Waals surface area contributed by atoms with Gasteiger partial charge in [0.05, 0.1) is 19.6 Å². The van der Waals surface area contributed by atoms with E-state index in [-0.39, 0.29) is 5.56 Å². The van der Waals surface area contributed by atoms with Crippen LogP contribution in [0.25, 0.3) is 21.2 Å². The Kier molecular flexibility index (Phi) is 9.23. The predicted molar refractivity (Wildman–Crippen MR) is 136 cm³/mol. The molecule has 186 valence electrons. The highest BCUT2D eigenvalue weighted by Gasteiger charge is 2.17. The third-order valence-corrected chi connectivity index (χ3v) is 7.23. The van der Waals surface area contributed by atoms with Crippen LogP contribution in [0.1, 0.15) is 4.88 Å². The third-order valence-electron chi connectivity index (χ3n) is 5.48. The molecule has 0 saturated carbocycles. The summed E-state index contributed by atoms with van der Waals surface area (Å²) in [4.78, 5) is 16.4. The highest BCUT2D eigenvalue weighted by Crippen LogP contribution is 2.37. The van der Waals surface area contributed by atoms with E-state index >= 15 is 0 Å². The molecule has 0 radical (unpaired) electrons. The van der Waals surface area contributed by atoms with Gasteiger partial charge in [-0.2, -0.15) is 0 Å². The van der Waals surface area contributed by atoms with Crippen molar-refractivity contribution in [2.45, 2.75) is 6.54 Å². The number of pyridine rings is 1. The number of methoxy groups -OCH3 is 2. The minimum atomic E-state index is -2.03. The van der Waals surface area contributed by atoms with Crippen LogP contribution in [0.3, 0.4) is 0 Å². The molecule has 0 bridgehead atoms. The molecule has 1 fully saturated rings. The van der Waals surface area contributed by atoms with Crippen molar-refractivity contribution >= 4 is 32.7 Å². The summed E-state index contributed by atoms with van der Waals surface area (Å²) in [5.74, 6) is 1.37. The number of hydrogen-bond acceptors (Lipinski definition) is 8. The van der Waals surface area contributed by atoms with E-state index in [9.17, 15) is 13.6 Å². The zero-order valence-corrected chi connectivity index (χ0v) is 21.8. The van der Waals surface area contributed by atoms with Gasteiger partial charge < -0.3 is 23.9 Å². The molecular formula is C23H31N4O5S2-. The lowest BCUT2D eigenvalue weighted by atomic mass is 10.1. The van der Waals surface area contributed by atoms with E-state index in [1.54, 1.807) is 37.2 Å². The second-order valence-electron chi connectivity index (χ2n) is 8.04. The van der Waals surface area contributed by atoms with Crippen LogP contribution >= 0.6 is 11.3 Å². The largest absolute Gasteiger partial charge is 0.760 e. The number of aromatic nitrogens is 1. The summed E-state index contributed by atoms with van der Waals surface area (Å²) < 4.78 is 33.8. The third kappa shape index (κ3) is 6.23. The summed E-state index contributed by atoms with van der Waals surface area (Å²) in [6.07, 6.45) is 1.91. The molecule has 34 heavy (non-hydrogen) atoms. The van der Waals surface area contributed by atoms with E-state index in [2.05, 4.69) is 16.3 Å².